The van der Waals surface area contributed by atoms with Crippen molar-refractivity contribution in [1.82, 2.24) is 4.90 Å². The van der Waals surface area contributed by atoms with Crippen molar-refractivity contribution in [3.63, 3.8) is 0 Å². The maximum atomic E-state index is 12.1. The van der Waals surface area contributed by atoms with E-state index in [0.29, 0.717) is 12.2 Å². The highest BCUT2D eigenvalue weighted by Gasteiger charge is 2.13. The number of carbonyl (C=O) groups excluding carboxylic acids is 1. The molecule has 142 valence electrons. The Morgan fingerprint density at radius 3 is 1.86 bits per heavy atom. The van der Waals surface area contributed by atoms with Crippen LogP contribution >= 0.6 is 0 Å². The van der Waals surface area contributed by atoms with Gasteiger partial charge in [0.15, 0.2) is 6.29 Å². The molecular weight excluding hydrogens is 346 g/mol. The Labute approximate surface area is 166 Å². The van der Waals surface area contributed by atoms with Crippen molar-refractivity contribution in [2.45, 2.75) is 0 Å². The molecule has 0 aromatic heterocycles. The zero-order valence-corrected chi connectivity index (χ0v) is 16.3. The van der Waals surface area contributed by atoms with Gasteiger partial charge in [0.1, 0.15) is 12.4 Å². The average molecular weight is 371 g/mol. The number of nitrogens with zero attached hydrogens (tertiary/aromatic N) is 1. The summed E-state index contributed by atoms with van der Waals surface area (Å²) in [7, 11) is 4.04. The summed E-state index contributed by atoms with van der Waals surface area (Å²) in [4.78, 5) is 14.2. The number of hydrogen-bond donors (Lipinski definition) is 0. The molecule has 0 amide bonds. The third-order valence-corrected chi connectivity index (χ3v) is 4.48. The fraction of sp³-hybridized carbons (Fsp3) is 0.160. The lowest BCUT2D eigenvalue weighted by atomic mass is 9.90. The van der Waals surface area contributed by atoms with E-state index in [1.165, 1.54) is 0 Å². The van der Waals surface area contributed by atoms with E-state index in [4.69, 9.17) is 4.74 Å². The summed E-state index contributed by atoms with van der Waals surface area (Å²) in [5.74, 6) is 0.824. The largest absolute Gasteiger partial charge is 0.492 e. The van der Waals surface area contributed by atoms with Crippen LogP contribution in [0.1, 0.15) is 16.7 Å². The molecule has 0 spiro atoms. The van der Waals surface area contributed by atoms with Crippen LogP contribution < -0.4 is 4.74 Å². The molecule has 3 rings (SSSR count). The number of carbonyl (C=O) groups is 1. The molecule has 0 N–H and O–H groups in total. The quantitative estimate of drug-likeness (QED) is 0.324. The summed E-state index contributed by atoms with van der Waals surface area (Å²) in [6, 6.07) is 27.7. The first-order valence-corrected chi connectivity index (χ1v) is 9.37. The molecule has 3 nitrogen and oxygen atoms in total. The first-order valence-electron chi connectivity index (χ1n) is 9.37. The third kappa shape index (κ3) is 4.96. The number of rotatable bonds is 8. The normalized spacial score (nSPS) is 11.8. The highest BCUT2D eigenvalue weighted by molar-refractivity contribution is 6.20. The SMILES string of the molecule is CN(C)CCOc1ccc(C(=C(C=O)c2ccccc2)c2ccccc2)cc1. The summed E-state index contributed by atoms with van der Waals surface area (Å²) in [5, 5.41) is 0. The fourth-order valence-corrected chi connectivity index (χ4v) is 3.04. The Bertz CT molecular complexity index is 914. The maximum Gasteiger partial charge on any atom is 0.151 e. The Morgan fingerprint density at radius 2 is 1.32 bits per heavy atom. The first-order chi connectivity index (χ1) is 13.7. The lowest BCUT2D eigenvalue weighted by Crippen LogP contribution is -2.19. The highest BCUT2D eigenvalue weighted by Crippen LogP contribution is 2.32. The van der Waals surface area contributed by atoms with Crippen LogP contribution in [-0.4, -0.2) is 38.4 Å². The lowest BCUT2D eigenvalue weighted by molar-refractivity contribution is -0.103. The van der Waals surface area contributed by atoms with Gasteiger partial charge in [0, 0.05) is 12.1 Å². The van der Waals surface area contributed by atoms with Crippen molar-refractivity contribution >= 4 is 17.4 Å². The summed E-state index contributed by atoms with van der Waals surface area (Å²) in [6.07, 6.45) is 0.944. The summed E-state index contributed by atoms with van der Waals surface area (Å²) in [5.41, 5.74) is 4.49. The Morgan fingerprint density at radius 1 is 0.786 bits per heavy atom. The van der Waals surface area contributed by atoms with E-state index < -0.39 is 0 Å². The molecule has 0 aliphatic heterocycles. The van der Waals surface area contributed by atoms with Gasteiger partial charge in [-0.25, -0.2) is 0 Å². The fourth-order valence-electron chi connectivity index (χ4n) is 3.04. The van der Waals surface area contributed by atoms with Gasteiger partial charge in [-0.05, 0) is 48.5 Å². The van der Waals surface area contributed by atoms with Crippen LogP contribution in [-0.2, 0) is 4.79 Å². The number of benzene rings is 3. The van der Waals surface area contributed by atoms with Gasteiger partial charge in [0.05, 0.1) is 0 Å². The second kappa shape index (κ2) is 9.67. The molecule has 0 aliphatic carbocycles. The van der Waals surface area contributed by atoms with Crippen LogP contribution in [0, 0.1) is 0 Å². The van der Waals surface area contributed by atoms with Crippen molar-refractivity contribution in [3.8, 4) is 5.75 Å². The number of allylic oxidation sites excluding steroid dienone is 1. The van der Waals surface area contributed by atoms with Gasteiger partial charge in [-0.1, -0.05) is 72.8 Å². The van der Waals surface area contributed by atoms with Crippen LogP contribution in [0.5, 0.6) is 5.75 Å². The van der Waals surface area contributed by atoms with Gasteiger partial charge in [-0.15, -0.1) is 0 Å². The van der Waals surface area contributed by atoms with E-state index in [0.717, 1.165) is 40.8 Å². The minimum atomic E-state index is 0.636. The van der Waals surface area contributed by atoms with Crippen LogP contribution in [0.15, 0.2) is 84.9 Å². The lowest BCUT2D eigenvalue weighted by Gasteiger charge is -2.15. The van der Waals surface area contributed by atoms with E-state index in [1.807, 2.05) is 99.0 Å². The van der Waals surface area contributed by atoms with Crippen molar-refractivity contribution in [3.05, 3.63) is 102 Å². The van der Waals surface area contributed by atoms with Crippen molar-refractivity contribution < 1.29 is 9.53 Å². The van der Waals surface area contributed by atoms with Crippen LogP contribution in [0.3, 0.4) is 0 Å². The second-order valence-corrected chi connectivity index (χ2v) is 6.81. The third-order valence-electron chi connectivity index (χ3n) is 4.48. The van der Waals surface area contributed by atoms with Crippen molar-refractivity contribution in [2.75, 3.05) is 27.2 Å². The molecule has 3 aromatic rings. The minimum Gasteiger partial charge on any atom is -0.492 e. The van der Waals surface area contributed by atoms with Crippen LogP contribution in [0.25, 0.3) is 11.1 Å². The Hall–Kier alpha value is -3.17. The molecule has 0 heterocycles. The second-order valence-electron chi connectivity index (χ2n) is 6.81. The molecule has 3 aromatic carbocycles. The van der Waals surface area contributed by atoms with Gasteiger partial charge in [-0.2, -0.15) is 0 Å². The van der Waals surface area contributed by atoms with Crippen LogP contribution in [0.2, 0.25) is 0 Å². The molecule has 28 heavy (non-hydrogen) atoms. The topological polar surface area (TPSA) is 29.5 Å². The zero-order chi connectivity index (χ0) is 19.8. The smallest absolute Gasteiger partial charge is 0.151 e. The summed E-state index contributed by atoms with van der Waals surface area (Å²) in [6.45, 7) is 1.50. The first kappa shape index (κ1) is 19.6. The molecule has 0 radical (unpaired) electrons. The van der Waals surface area contributed by atoms with Gasteiger partial charge in [0.25, 0.3) is 0 Å². The minimum absolute atomic E-state index is 0.636. The number of likely N-dealkylation sites (N-methyl/N-ethyl adjacent to an activating group) is 1. The Kier molecular flexibility index (Phi) is 6.77. The van der Waals surface area contributed by atoms with E-state index in [9.17, 15) is 4.79 Å². The van der Waals surface area contributed by atoms with Gasteiger partial charge >= 0.3 is 0 Å². The molecule has 0 atom stereocenters. The van der Waals surface area contributed by atoms with Crippen molar-refractivity contribution in [1.29, 1.82) is 0 Å². The molecule has 0 unspecified atom stereocenters. The molecular formula is C25H25NO2. The molecule has 0 fully saturated rings. The van der Waals surface area contributed by atoms with E-state index >= 15 is 0 Å². The van der Waals surface area contributed by atoms with E-state index in [-0.39, 0.29) is 0 Å². The predicted octanol–water partition coefficient (Wildman–Crippen LogP) is 4.79. The predicted molar refractivity (Wildman–Crippen MR) is 115 cm³/mol. The number of hydrogen-bond acceptors (Lipinski definition) is 3. The Balaban J connectivity index is 2.01. The van der Waals surface area contributed by atoms with Gasteiger partial charge in [0.2, 0.25) is 0 Å². The van der Waals surface area contributed by atoms with E-state index in [2.05, 4.69) is 4.90 Å². The number of ether oxygens (including phenoxy) is 1. The van der Waals surface area contributed by atoms with Gasteiger partial charge in [-0.3, -0.25) is 4.79 Å². The average Bonchev–Trinajstić information content (AvgIpc) is 2.73. The molecule has 0 bridgehead atoms. The zero-order valence-electron chi connectivity index (χ0n) is 16.3. The standard InChI is InChI=1S/C25H25NO2/c1-26(2)17-18-28-23-15-13-22(14-16-23)25(21-11-7-4-8-12-21)24(19-27)20-9-5-3-6-10-20/h3-16,19H,17-18H2,1-2H3. The highest BCUT2D eigenvalue weighted by atomic mass is 16.5. The van der Waals surface area contributed by atoms with Crippen molar-refractivity contribution in [2.24, 2.45) is 0 Å². The maximum absolute atomic E-state index is 12.1. The molecule has 0 aliphatic rings. The van der Waals surface area contributed by atoms with Gasteiger partial charge < -0.3 is 9.64 Å². The molecule has 0 saturated heterocycles. The summed E-state index contributed by atoms with van der Waals surface area (Å²) >= 11 is 0. The van der Waals surface area contributed by atoms with E-state index in [1.54, 1.807) is 0 Å². The number of aldehydes is 1. The molecule has 3 heteroatoms. The van der Waals surface area contributed by atoms with Crippen LogP contribution in [0.4, 0.5) is 0 Å². The summed E-state index contributed by atoms with van der Waals surface area (Å²) < 4.78 is 5.80. The monoisotopic (exact) mass is 371 g/mol. The molecule has 0 saturated carbocycles.